The molecule has 1 aliphatic rings. The van der Waals surface area contributed by atoms with Gasteiger partial charge in [-0.2, -0.15) is 0 Å². The van der Waals surface area contributed by atoms with Crippen molar-refractivity contribution < 1.29 is 14.3 Å². The molecule has 2 atom stereocenters. The Kier molecular flexibility index (Phi) is 8.58. The molecule has 0 bridgehead atoms. The van der Waals surface area contributed by atoms with Crippen LogP contribution in [0, 0.1) is 0 Å². The van der Waals surface area contributed by atoms with E-state index in [4.69, 9.17) is 4.74 Å². The summed E-state index contributed by atoms with van der Waals surface area (Å²) in [5.41, 5.74) is 0.882. The molecule has 1 amide bonds. The molecule has 2 rings (SSSR count). The Morgan fingerprint density at radius 3 is 2.87 bits per heavy atom. The van der Waals surface area contributed by atoms with Crippen LogP contribution >= 0.6 is 28.3 Å². The summed E-state index contributed by atoms with van der Waals surface area (Å²) >= 11 is 3.41. The van der Waals surface area contributed by atoms with Gasteiger partial charge in [0, 0.05) is 16.9 Å². The van der Waals surface area contributed by atoms with Crippen LogP contribution < -0.4 is 10.6 Å². The van der Waals surface area contributed by atoms with Crippen LogP contribution in [0.5, 0.6) is 0 Å². The molecule has 2 N–H and O–H groups in total. The van der Waals surface area contributed by atoms with E-state index >= 15 is 0 Å². The van der Waals surface area contributed by atoms with Gasteiger partial charge in [-0.15, -0.1) is 12.4 Å². The van der Waals surface area contributed by atoms with Gasteiger partial charge in [-0.3, -0.25) is 9.59 Å². The highest BCUT2D eigenvalue weighted by molar-refractivity contribution is 9.10. The number of hydrogen-bond donors (Lipinski definition) is 2. The third kappa shape index (κ3) is 6.49. The number of benzene rings is 1. The molecule has 1 heterocycles. The number of methoxy groups -OCH3 is 1. The molecule has 0 saturated carbocycles. The van der Waals surface area contributed by atoms with E-state index in [9.17, 15) is 9.59 Å². The molecule has 2 unspecified atom stereocenters. The van der Waals surface area contributed by atoms with Gasteiger partial charge in [-0.05, 0) is 37.1 Å². The summed E-state index contributed by atoms with van der Waals surface area (Å²) in [5, 5.41) is 6.25. The van der Waals surface area contributed by atoms with E-state index in [1.165, 1.54) is 7.11 Å². The number of rotatable bonds is 6. The van der Waals surface area contributed by atoms with E-state index in [0.29, 0.717) is 6.42 Å². The van der Waals surface area contributed by atoms with Crippen molar-refractivity contribution in [2.45, 2.75) is 37.8 Å². The number of hydrogen-bond acceptors (Lipinski definition) is 4. The lowest BCUT2D eigenvalue weighted by Gasteiger charge is -2.20. The Hall–Kier alpha value is -1.11. The Balaban J connectivity index is 0.00000264. The van der Waals surface area contributed by atoms with E-state index in [1.807, 2.05) is 24.3 Å². The largest absolute Gasteiger partial charge is 0.469 e. The summed E-state index contributed by atoms with van der Waals surface area (Å²) in [4.78, 5) is 23.8. The molecule has 0 spiro atoms. The van der Waals surface area contributed by atoms with Crippen molar-refractivity contribution in [3.05, 3.63) is 34.3 Å². The fraction of sp³-hybridized carbons (Fsp3) is 0.500. The third-order valence-electron chi connectivity index (χ3n) is 3.78. The number of carbonyl (C=O) groups is 2. The van der Waals surface area contributed by atoms with Crippen molar-refractivity contribution in [2.24, 2.45) is 0 Å². The fourth-order valence-electron chi connectivity index (χ4n) is 2.63. The second-order valence-corrected chi connectivity index (χ2v) is 6.37. The topological polar surface area (TPSA) is 67.4 Å². The van der Waals surface area contributed by atoms with Crippen LogP contribution in [0.25, 0.3) is 0 Å². The van der Waals surface area contributed by atoms with Gasteiger partial charge in [0.2, 0.25) is 5.91 Å². The lowest BCUT2D eigenvalue weighted by atomic mass is 10.0. The molecule has 1 aromatic carbocycles. The van der Waals surface area contributed by atoms with Crippen LogP contribution in [0.1, 0.15) is 37.3 Å². The summed E-state index contributed by atoms with van der Waals surface area (Å²) < 4.78 is 5.64. The standard InChI is InChI=1S/C16H21BrN2O3.ClH/c1-22-16(21)10-14(11-4-2-5-12(17)8-11)19-15(20)9-13-6-3-7-18-13;/h2,4-5,8,13-14,18H,3,6-7,9-10H2,1H3,(H,19,20);1H. The third-order valence-corrected chi connectivity index (χ3v) is 4.27. The van der Waals surface area contributed by atoms with Crippen molar-refractivity contribution in [1.82, 2.24) is 10.6 Å². The minimum Gasteiger partial charge on any atom is -0.469 e. The second-order valence-electron chi connectivity index (χ2n) is 5.45. The van der Waals surface area contributed by atoms with Crippen molar-refractivity contribution >= 4 is 40.2 Å². The average Bonchev–Trinajstić information content (AvgIpc) is 2.99. The average molecular weight is 406 g/mol. The highest BCUT2D eigenvalue weighted by atomic mass is 79.9. The number of amides is 1. The number of halogens is 2. The van der Waals surface area contributed by atoms with Gasteiger partial charge in [-0.25, -0.2) is 0 Å². The molecule has 7 heteroatoms. The molecule has 1 fully saturated rings. The Labute approximate surface area is 151 Å². The molecule has 0 radical (unpaired) electrons. The number of ether oxygens (including phenoxy) is 1. The van der Waals surface area contributed by atoms with Gasteiger partial charge < -0.3 is 15.4 Å². The quantitative estimate of drug-likeness (QED) is 0.714. The Morgan fingerprint density at radius 2 is 2.26 bits per heavy atom. The second kappa shape index (κ2) is 9.90. The van der Waals surface area contributed by atoms with E-state index < -0.39 is 0 Å². The molecule has 128 valence electrons. The van der Waals surface area contributed by atoms with Crippen molar-refractivity contribution in [3.63, 3.8) is 0 Å². The van der Waals surface area contributed by atoms with E-state index in [1.54, 1.807) is 0 Å². The maximum atomic E-state index is 12.2. The summed E-state index contributed by atoms with van der Waals surface area (Å²) in [6.07, 6.45) is 2.68. The minimum atomic E-state index is -0.376. The Bertz CT molecular complexity index is 536. The zero-order chi connectivity index (χ0) is 15.9. The summed E-state index contributed by atoms with van der Waals surface area (Å²) in [7, 11) is 1.35. The predicted molar refractivity (Wildman–Crippen MR) is 94.5 cm³/mol. The SMILES string of the molecule is COC(=O)CC(NC(=O)CC1CCCN1)c1cccc(Br)c1.Cl. The normalized spacial score (nSPS) is 17.9. The van der Waals surface area contributed by atoms with Gasteiger partial charge >= 0.3 is 5.97 Å². The first-order valence-electron chi connectivity index (χ1n) is 7.43. The van der Waals surface area contributed by atoms with Crippen LogP contribution in [-0.4, -0.2) is 31.6 Å². The van der Waals surface area contributed by atoms with Crippen LogP contribution in [-0.2, 0) is 14.3 Å². The number of carbonyl (C=O) groups excluding carboxylic acids is 2. The molecule has 23 heavy (non-hydrogen) atoms. The predicted octanol–water partition coefficient (Wildman–Crippen LogP) is 2.73. The first kappa shape index (κ1) is 19.9. The van der Waals surface area contributed by atoms with Gasteiger partial charge in [0.15, 0.2) is 0 Å². The van der Waals surface area contributed by atoms with Crippen molar-refractivity contribution in [3.8, 4) is 0 Å². The fourth-order valence-corrected chi connectivity index (χ4v) is 3.05. The van der Waals surface area contributed by atoms with Gasteiger partial charge in [0.05, 0.1) is 19.6 Å². The van der Waals surface area contributed by atoms with Crippen molar-refractivity contribution in [1.29, 1.82) is 0 Å². The van der Waals surface area contributed by atoms with Crippen LogP contribution in [0.2, 0.25) is 0 Å². The smallest absolute Gasteiger partial charge is 0.307 e. The highest BCUT2D eigenvalue weighted by Crippen LogP contribution is 2.22. The van der Waals surface area contributed by atoms with Crippen molar-refractivity contribution in [2.75, 3.05) is 13.7 Å². The van der Waals surface area contributed by atoms with Crippen LogP contribution in [0.3, 0.4) is 0 Å². The molecule has 1 aromatic rings. The maximum Gasteiger partial charge on any atom is 0.307 e. The first-order chi connectivity index (χ1) is 10.6. The van der Waals surface area contributed by atoms with Gasteiger partial charge in [-0.1, -0.05) is 28.1 Å². The molecular formula is C16H22BrClN2O3. The monoisotopic (exact) mass is 404 g/mol. The first-order valence-corrected chi connectivity index (χ1v) is 8.23. The lowest BCUT2D eigenvalue weighted by Crippen LogP contribution is -2.35. The van der Waals surface area contributed by atoms with Gasteiger partial charge in [0.1, 0.15) is 0 Å². The highest BCUT2D eigenvalue weighted by Gasteiger charge is 2.22. The lowest BCUT2D eigenvalue weighted by molar-refractivity contribution is -0.141. The van der Waals surface area contributed by atoms with Crippen LogP contribution in [0.15, 0.2) is 28.7 Å². The maximum absolute atomic E-state index is 12.2. The van der Waals surface area contributed by atoms with E-state index in [0.717, 1.165) is 29.4 Å². The number of esters is 1. The summed E-state index contributed by atoms with van der Waals surface area (Å²) in [6, 6.07) is 7.45. The molecule has 1 saturated heterocycles. The molecule has 0 aliphatic carbocycles. The zero-order valence-corrected chi connectivity index (χ0v) is 15.4. The Morgan fingerprint density at radius 1 is 1.48 bits per heavy atom. The molecular weight excluding hydrogens is 384 g/mol. The zero-order valence-electron chi connectivity index (χ0n) is 13.0. The van der Waals surface area contributed by atoms with Crippen LogP contribution in [0.4, 0.5) is 0 Å². The van der Waals surface area contributed by atoms with E-state index in [2.05, 4.69) is 26.6 Å². The summed E-state index contributed by atoms with van der Waals surface area (Å²) in [6.45, 7) is 0.967. The minimum absolute atomic E-state index is 0. The number of nitrogens with one attached hydrogen (secondary N) is 2. The van der Waals surface area contributed by atoms with E-state index in [-0.39, 0.29) is 42.8 Å². The molecule has 0 aromatic heterocycles. The summed E-state index contributed by atoms with van der Waals surface area (Å²) in [5.74, 6) is -0.391. The van der Waals surface area contributed by atoms with Gasteiger partial charge in [0.25, 0.3) is 0 Å². The molecule has 5 nitrogen and oxygen atoms in total. The molecule has 1 aliphatic heterocycles.